The quantitative estimate of drug-likeness (QED) is 0.421. The van der Waals surface area contributed by atoms with Crippen LogP contribution in [0.4, 0.5) is 4.79 Å². The maximum Gasteiger partial charge on any atom is 0.321 e. The Balaban J connectivity index is 2.02. The highest BCUT2D eigenvalue weighted by molar-refractivity contribution is 7.89. The second-order valence-electron chi connectivity index (χ2n) is 6.33. The molecule has 2 amide bonds. The maximum atomic E-state index is 12.6. The van der Waals surface area contributed by atoms with Gasteiger partial charge >= 0.3 is 12.0 Å². The van der Waals surface area contributed by atoms with Crippen molar-refractivity contribution in [3.05, 3.63) is 53.6 Å². The second-order valence-corrected chi connectivity index (χ2v) is 8.48. The lowest BCUT2D eigenvalue weighted by Gasteiger charge is -2.15. The van der Waals surface area contributed by atoms with Crippen LogP contribution in [0.2, 0.25) is 5.02 Å². The Morgan fingerprint density at radius 3 is 2.07 bits per heavy atom. The van der Waals surface area contributed by atoms with E-state index in [0.29, 0.717) is 24.4 Å². The van der Waals surface area contributed by atoms with E-state index in [1.807, 2.05) is 12.1 Å². The van der Waals surface area contributed by atoms with Gasteiger partial charge in [-0.1, -0.05) is 35.9 Å². The molecule has 2 aromatic carbocycles. The van der Waals surface area contributed by atoms with E-state index in [1.54, 1.807) is 24.3 Å². The first kappa shape index (κ1) is 22.7. The number of carboxylic acid groups (broad SMARTS) is 1. The zero-order valence-corrected chi connectivity index (χ0v) is 17.0. The van der Waals surface area contributed by atoms with Crippen LogP contribution in [0.15, 0.2) is 53.4 Å². The number of aliphatic carboxylic acids is 1. The van der Waals surface area contributed by atoms with Crippen LogP contribution in [0.3, 0.4) is 0 Å². The maximum absolute atomic E-state index is 12.6. The minimum Gasteiger partial charge on any atom is -0.480 e. The van der Waals surface area contributed by atoms with Crippen molar-refractivity contribution in [3.8, 4) is 11.1 Å². The lowest BCUT2D eigenvalue weighted by Crippen LogP contribution is -2.40. The number of carbonyl (C=O) groups excluding carboxylic acids is 1. The van der Waals surface area contributed by atoms with Gasteiger partial charge in [0.05, 0.1) is 4.90 Å². The number of urea groups is 1. The van der Waals surface area contributed by atoms with E-state index in [4.69, 9.17) is 17.3 Å². The normalized spacial score (nSPS) is 12.3. The fourth-order valence-electron chi connectivity index (χ4n) is 2.64. The highest BCUT2D eigenvalue weighted by atomic mass is 35.5. The van der Waals surface area contributed by atoms with E-state index in [9.17, 15) is 23.1 Å². The number of nitrogens with two attached hydrogens (primary N) is 1. The molecular formula is C19H22ClN3O5S. The van der Waals surface area contributed by atoms with Crippen LogP contribution in [0.1, 0.15) is 19.3 Å². The highest BCUT2D eigenvalue weighted by Gasteiger charge is 2.25. The molecule has 2 rings (SSSR count). The topological polar surface area (TPSA) is 139 Å². The van der Waals surface area contributed by atoms with E-state index in [2.05, 4.69) is 10.0 Å². The average Bonchev–Trinajstić information content (AvgIpc) is 2.67. The fraction of sp³-hybridized carbons (Fsp3) is 0.263. The van der Waals surface area contributed by atoms with Crippen molar-refractivity contribution in [1.82, 2.24) is 10.0 Å². The summed E-state index contributed by atoms with van der Waals surface area (Å²) in [7, 11) is -4.01. The Kier molecular flexibility index (Phi) is 8.00. The summed E-state index contributed by atoms with van der Waals surface area (Å²) < 4.78 is 27.3. The van der Waals surface area contributed by atoms with Crippen LogP contribution in [0.25, 0.3) is 11.1 Å². The summed E-state index contributed by atoms with van der Waals surface area (Å²) in [5, 5.41) is 12.3. The molecular weight excluding hydrogens is 418 g/mol. The third kappa shape index (κ3) is 7.04. The van der Waals surface area contributed by atoms with Crippen molar-refractivity contribution in [3.63, 3.8) is 0 Å². The molecule has 156 valence electrons. The molecule has 0 unspecified atom stereocenters. The number of hydrogen-bond acceptors (Lipinski definition) is 4. The number of carbonyl (C=O) groups is 2. The first-order chi connectivity index (χ1) is 13.7. The summed E-state index contributed by atoms with van der Waals surface area (Å²) in [5.41, 5.74) is 6.62. The summed E-state index contributed by atoms with van der Waals surface area (Å²) >= 11 is 5.87. The lowest BCUT2D eigenvalue weighted by atomic mass is 10.1. The number of sulfonamides is 1. The third-order valence-corrected chi connectivity index (χ3v) is 5.90. The summed E-state index contributed by atoms with van der Waals surface area (Å²) in [6, 6.07) is 11.3. The smallest absolute Gasteiger partial charge is 0.321 e. The van der Waals surface area contributed by atoms with Gasteiger partial charge in [0.1, 0.15) is 6.04 Å². The van der Waals surface area contributed by atoms with Gasteiger partial charge in [0.15, 0.2) is 0 Å². The van der Waals surface area contributed by atoms with E-state index in [0.717, 1.165) is 11.1 Å². The number of primary amides is 1. The summed E-state index contributed by atoms with van der Waals surface area (Å²) in [5.74, 6) is -1.27. The second kappa shape index (κ2) is 10.2. The first-order valence-electron chi connectivity index (χ1n) is 8.83. The van der Waals surface area contributed by atoms with Gasteiger partial charge < -0.3 is 16.2 Å². The molecule has 0 fully saturated rings. The molecule has 0 radical (unpaired) electrons. The minimum atomic E-state index is -4.01. The van der Waals surface area contributed by atoms with Gasteiger partial charge in [0.25, 0.3) is 0 Å². The number of hydrogen-bond donors (Lipinski definition) is 4. The summed E-state index contributed by atoms with van der Waals surface area (Å²) in [6.45, 7) is 0.292. The van der Waals surface area contributed by atoms with Gasteiger partial charge in [-0.05, 0) is 54.7 Å². The van der Waals surface area contributed by atoms with Crippen molar-refractivity contribution in [2.24, 2.45) is 5.73 Å². The van der Waals surface area contributed by atoms with Crippen LogP contribution in [-0.4, -0.2) is 38.1 Å². The molecule has 0 heterocycles. The molecule has 0 spiro atoms. The molecule has 1 atom stereocenters. The Bertz CT molecular complexity index is 947. The Morgan fingerprint density at radius 2 is 1.55 bits per heavy atom. The number of benzene rings is 2. The number of rotatable bonds is 10. The van der Waals surface area contributed by atoms with Crippen LogP contribution >= 0.6 is 11.6 Å². The zero-order valence-electron chi connectivity index (χ0n) is 15.5. The van der Waals surface area contributed by atoms with Crippen LogP contribution < -0.4 is 15.8 Å². The Hall–Kier alpha value is -2.62. The number of amides is 2. The minimum absolute atomic E-state index is 0.0307. The molecule has 29 heavy (non-hydrogen) atoms. The zero-order chi connectivity index (χ0) is 21.4. The van der Waals surface area contributed by atoms with E-state index >= 15 is 0 Å². The molecule has 0 aliphatic carbocycles. The fourth-order valence-corrected chi connectivity index (χ4v) is 3.99. The van der Waals surface area contributed by atoms with Gasteiger partial charge in [-0.15, -0.1) is 0 Å². The largest absolute Gasteiger partial charge is 0.480 e. The number of nitrogens with one attached hydrogen (secondary N) is 2. The number of carboxylic acids is 1. The van der Waals surface area contributed by atoms with E-state index in [-0.39, 0.29) is 11.3 Å². The number of halogens is 1. The monoisotopic (exact) mass is 439 g/mol. The van der Waals surface area contributed by atoms with Gasteiger partial charge in [0, 0.05) is 11.6 Å². The predicted octanol–water partition coefficient (Wildman–Crippen LogP) is 2.58. The lowest BCUT2D eigenvalue weighted by molar-refractivity contribution is -0.139. The van der Waals surface area contributed by atoms with Gasteiger partial charge in [0.2, 0.25) is 10.0 Å². The standard InChI is InChI=1S/C19H22ClN3O5S/c20-15-8-4-13(5-9-15)14-6-10-16(11-7-14)29(27,28)23-17(18(24)25)3-1-2-12-22-19(21)26/h4-11,17,23H,1-3,12H2,(H,24,25)(H3,21,22,26)/t17-/m1/s1. The molecule has 10 heteroatoms. The molecule has 0 saturated heterocycles. The molecule has 0 aliphatic heterocycles. The highest BCUT2D eigenvalue weighted by Crippen LogP contribution is 2.23. The average molecular weight is 440 g/mol. The Labute approximate surface area is 174 Å². The van der Waals surface area contributed by atoms with Crippen LogP contribution in [-0.2, 0) is 14.8 Å². The molecule has 0 aliphatic rings. The van der Waals surface area contributed by atoms with Crippen LogP contribution in [0, 0.1) is 0 Å². The number of unbranched alkanes of at least 4 members (excludes halogenated alkanes) is 1. The van der Waals surface area contributed by atoms with Gasteiger partial charge in [-0.2, -0.15) is 4.72 Å². The Morgan fingerprint density at radius 1 is 1.00 bits per heavy atom. The van der Waals surface area contributed by atoms with Gasteiger partial charge in [-0.3, -0.25) is 4.79 Å². The van der Waals surface area contributed by atoms with Crippen molar-refractivity contribution in [2.75, 3.05) is 6.54 Å². The SMILES string of the molecule is NC(=O)NCCCC[C@@H](NS(=O)(=O)c1ccc(-c2ccc(Cl)cc2)cc1)C(=O)O. The van der Waals surface area contributed by atoms with Crippen LogP contribution in [0.5, 0.6) is 0 Å². The predicted molar refractivity (Wildman–Crippen MR) is 110 cm³/mol. The first-order valence-corrected chi connectivity index (χ1v) is 10.7. The third-order valence-electron chi connectivity index (χ3n) is 4.16. The molecule has 5 N–H and O–H groups in total. The molecule has 8 nitrogen and oxygen atoms in total. The van der Waals surface area contributed by atoms with Crippen molar-refractivity contribution in [1.29, 1.82) is 0 Å². The van der Waals surface area contributed by atoms with Gasteiger partial charge in [-0.25, -0.2) is 13.2 Å². The molecule has 0 bridgehead atoms. The van der Waals surface area contributed by atoms with E-state index < -0.39 is 28.1 Å². The molecule has 2 aromatic rings. The summed E-state index contributed by atoms with van der Waals surface area (Å²) in [6.07, 6.45) is 0.956. The molecule has 0 aromatic heterocycles. The summed E-state index contributed by atoms with van der Waals surface area (Å²) in [4.78, 5) is 22.0. The van der Waals surface area contributed by atoms with Crippen molar-refractivity contribution in [2.45, 2.75) is 30.2 Å². The van der Waals surface area contributed by atoms with Crippen molar-refractivity contribution < 1.29 is 23.1 Å². The van der Waals surface area contributed by atoms with E-state index in [1.165, 1.54) is 12.1 Å². The van der Waals surface area contributed by atoms with Crippen molar-refractivity contribution >= 4 is 33.6 Å². The molecule has 0 saturated carbocycles.